The van der Waals surface area contributed by atoms with E-state index in [1.165, 1.54) is 74.7 Å². The Morgan fingerprint density at radius 2 is 0.932 bits per heavy atom. The van der Waals surface area contributed by atoms with Gasteiger partial charge in [0.1, 0.15) is 84.2 Å². The standard InChI is InChI=1S/C78H114N18O20S/c1-42(2)36-53(87-68(106)52(29-35-117-5)86-71(109)57-17-10-32-94(57)74(112)56(39-47-23-27-49(100)28-24-47)90-65(103)50(79)37-45-14-7-6-8-15-45)69(107)85-51(16-9-30-83-78(81)82)67(105)88-54(38-46-21-25-48(99)26-22-46)70(108)91-63(43(3)97)73(111)89-55(40-61(80)101)66(104)84-41-62(102)93-31-12-19-59(93)75(113)96-34-13-20-60(96)76(114)95-33-11-18-58(95)72(110)92-64(44(4)98)77(115)116/h6-8,14-15,21-28,42-44,50-60,63-64,78,83,97-100H,9-13,16-20,29-41,79,81-82H2,1-5H3,(H2,80,101)(H,84,104)(H,85,107)(H,86,109)(H,87,106)(H,88,105)(H,89,111)(H,90,103)(H,91,108)(H,92,110)(H,115,116)/t43-,44-,50+,51+,52+,53+,54+,55+,56+,57+,58+,59+,60+,63+,64+/m1/s1. The minimum absolute atomic E-state index is 0.0177. The summed E-state index contributed by atoms with van der Waals surface area (Å²) < 4.78 is 0. The molecule has 117 heavy (non-hydrogen) atoms. The molecule has 0 bridgehead atoms. The van der Waals surface area contributed by atoms with Gasteiger partial charge in [-0.1, -0.05) is 68.4 Å². The molecule has 15 atom stereocenters. The first-order chi connectivity index (χ1) is 55.5. The minimum atomic E-state index is -1.97. The highest BCUT2D eigenvalue weighted by Gasteiger charge is 2.48. The number of primary amides is 1. The second-order valence-electron chi connectivity index (χ2n) is 30.4. The Morgan fingerprint density at radius 1 is 0.479 bits per heavy atom. The van der Waals surface area contributed by atoms with Crippen LogP contribution in [0.2, 0.25) is 0 Å². The van der Waals surface area contributed by atoms with Crippen molar-refractivity contribution in [3.8, 4) is 11.5 Å². The summed E-state index contributed by atoms with van der Waals surface area (Å²) in [6.07, 6.45) is -1.35. The van der Waals surface area contributed by atoms with Gasteiger partial charge in [0, 0.05) is 39.0 Å². The molecule has 38 nitrogen and oxygen atoms in total. The number of hydrogen-bond acceptors (Lipinski definition) is 24. The number of nitrogens with one attached hydrogen (secondary N) is 10. The maximum Gasteiger partial charge on any atom is 0.328 e. The number of nitrogens with two attached hydrogens (primary N) is 4. The van der Waals surface area contributed by atoms with Gasteiger partial charge in [0.05, 0.1) is 31.2 Å². The number of carboxylic acids is 1. The lowest BCUT2D eigenvalue weighted by atomic mass is 10.0. The fourth-order valence-electron chi connectivity index (χ4n) is 14.7. The third-order valence-electron chi connectivity index (χ3n) is 20.8. The van der Waals surface area contributed by atoms with E-state index >= 15 is 0 Å². The highest BCUT2D eigenvalue weighted by atomic mass is 32.2. The Morgan fingerprint density at radius 3 is 1.47 bits per heavy atom. The normalized spacial score (nSPS) is 19.4. The molecule has 0 unspecified atom stereocenters. The molecular weight excluding hydrogens is 1540 g/mol. The molecule has 0 aromatic heterocycles. The van der Waals surface area contributed by atoms with Gasteiger partial charge in [-0.25, -0.2) is 4.79 Å². The second-order valence-corrected chi connectivity index (χ2v) is 31.4. The number of carbonyl (C=O) groups is 15. The first kappa shape index (κ1) is 93.6. The van der Waals surface area contributed by atoms with E-state index in [0.29, 0.717) is 42.6 Å². The zero-order chi connectivity index (χ0) is 85.9. The number of amides is 14. The van der Waals surface area contributed by atoms with Crippen molar-refractivity contribution < 1.29 is 97.5 Å². The number of carbonyl (C=O) groups excluding carboxylic acids is 14. The summed E-state index contributed by atoms with van der Waals surface area (Å²) in [4.78, 5) is 216. The summed E-state index contributed by atoms with van der Waals surface area (Å²) in [7, 11) is 0. The van der Waals surface area contributed by atoms with Crippen molar-refractivity contribution in [2.75, 3.05) is 51.3 Å². The third kappa shape index (κ3) is 27.8. The number of likely N-dealkylation sites (tertiary alicyclic amines) is 4. The molecule has 39 heteroatoms. The molecule has 0 aliphatic carbocycles. The summed E-state index contributed by atoms with van der Waals surface area (Å²) in [6, 6.07) is 2.59. The molecule has 14 amide bonds. The molecule has 4 heterocycles. The van der Waals surface area contributed by atoms with Crippen molar-refractivity contribution in [3.63, 3.8) is 0 Å². The van der Waals surface area contributed by atoms with Gasteiger partial charge in [-0.2, -0.15) is 11.8 Å². The van der Waals surface area contributed by atoms with Crippen molar-refractivity contribution in [1.82, 2.24) is 72.8 Å². The highest BCUT2D eigenvalue weighted by Crippen LogP contribution is 2.30. The molecule has 642 valence electrons. The molecule has 0 spiro atoms. The number of benzene rings is 3. The molecule has 4 saturated heterocycles. The van der Waals surface area contributed by atoms with E-state index in [0.717, 1.165) is 12.5 Å². The number of aliphatic carboxylic acids is 1. The Hall–Kier alpha value is -10.6. The molecule has 4 fully saturated rings. The Balaban J connectivity index is 1.03. The number of rotatable bonds is 43. The summed E-state index contributed by atoms with van der Waals surface area (Å²) >= 11 is 1.37. The van der Waals surface area contributed by atoms with Crippen LogP contribution in [0.5, 0.6) is 11.5 Å². The maximum atomic E-state index is 14.9. The zero-order valence-corrected chi connectivity index (χ0v) is 67.3. The Labute approximate surface area is 682 Å². The minimum Gasteiger partial charge on any atom is -0.508 e. The van der Waals surface area contributed by atoms with Crippen molar-refractivity contribution in [2.45, 2.75) is 227 Å². The Kier molecular flexibility index (Phi) is 36.2. The summed E-state index contributed by atoms with van der Waals surface area (Å²) in [5.41, 5.74) is 25.2. The maximum absolute atomic E-state index is 14.9. The number of phenols is 2. The molecule has 23 N–H and O–H groups in total. The molecule has 4 aliphatic rings. The SMILES string of the molecule is CSCC[C@H](NC(=O)[C@@H]1CCCN1C(=O)[C@H](Cc1ccc(O)cc1)NC(=O)[C@@H](N)Cc1ccccc1)C(=O)N[C@@H](CC(C)C)C(=O)N[C@@H](CCCNC(N)N)C(=O)N[C@@H](Cc1ccc(O)cc1)C(=O)N[C@H](C(=O)N[C@@H](CC(N)=O)C(=O)NCC(=O)N1CCC[C@H]1C(=O)N1CCC[C@H]1C(=O)N1CCC[C@H]1C(=O)N[C@H](C(=O)O)[C@@H](C)O)[C@@H](C)O. The van der Waals surface area contributed by atoms with Crippen LogP contribution >= 0.6 is 11.8 Å². The first-order valence-electron chi connectivity index (χ1n) is 39.4. The molecule has 7 rings (SSSR count). The van der Waals surface area contributed by atoms with Crippen LogP contribution in [-0.2, 0) is 91.2 Å². The average molecular weight is 1660 g/mol. The number of hydrogen-bond donors (Lipinski definition) is 19. The highest BCUT2D eigenvalue weighted by molar-refractivity contribution is 7.98. The lowest BCUT2D eigenvalue weighted by molar-refractivity contribution is -0.151. The van der Waals surface area contributed by atoms with E-state index in [4.69, 9.17) is 22.9 Å². The summed E-state index contributed by atoms with van der Waals surface area (Å²) in [5.74, 6) is -13.5. The third-order valence-corrected chi connectivity index (χ3v) is 21.5. The second kappa shape index (κ2) is 45.2. The van der Waals surface area contributed by atoms with Crippen LogP contribution in [0.1, 0.15) is 128 Å². The van der Waals surface area contributed by atoms with Gasteiger partial charge in [0.2, 0.25) is 82.7 Å². The van der Waals surface area contributed by atoms with E-state index in [2.05, 4.69) is 53.2 Å². The molecule has 4 aliphatic heterocycles. The monoisotopic (exact) mass is 1650 g/mol. The number of phenolic OH excluding ortho intramolecular Hbond substituents is 2. The van der Waals surface area contributed by atoms with Gasteiger partial charge in [0.25, 0.3) is 0 Å². The van der Waals surface area contributed by atoms with E-state index < -0.39 is 199 Å². The van der Waals surface area contributed by atoms with E-state index in [9.17, 15) is 97.5 Å². The average Bonchev–Trinajstić information content (AvgIpc) is 1.64. The largest absolute Gasteiger partial charge is 0.508 e. The molecule has 0 saturated carbocycles. The van der Waals surface area contributed by atoms with Gasteiger partial charge >= 0.3 is 5.97 Å². The van der Waals surface area contributed by atoms with Crippen LogP contribution < -0.4 is 76.1 Å². The van der Waals surface area contributed by atoms with Crippen LogP contribution in [0.15, 0.2) is 78.9 Å². The van der Waals surface area contributed by atoms with Gasteiger partial charge < -0.3 is 116 Å². The quantitative estimate of drug-likeness (QED) is 0.0188. The molecule has 0 radical (unpaired) electrons. The number of aliphatic hydroxyl groups excluding tert-OH is 2. The van der Waals surface area contributed by atoms with Crippen molar-refractivity contribution >= 4 is 100 Å². The number of carboxylic acid groups (broad SMARTS) is 1. The molecular formula is C78H114N18O20S. The van der Waals surface area contributed by atoms with Gasteiger partial charge in [-0.05, 0) is 163 Å². The van der Waals surface area contributed by atoms with Crippen LogP contribution in [0.25, 0.3) is 0 Å². The Bertz CT molecular complexity index is 3960. The smallest absolute Gasteiger partial charge is 0.328 e. The lowest BCUT2D eigenvalue weighted by Crippen LogP contribution is -2.62. The number of nitrogens with zero attached hydrogens (tertiary/aromatic N) is 4. The van der Waals surface area contributed by atoms with E-state index in [1.54, 1.807) is 44.4 Å². The van der Waals surface area contributed by atoms with Crippen LogP contribution in [0.3, 0.4) is 0 Å². The molecule has 3 aromatic rings. The predicted molar refractivity (Wildman–Crippen MR) is 426 cm³/mol. The van der Waals surface area contributed by atoms with Gasteiger partial charge in [0.15, 0.2) is 6.04 Å². The summed E-state index contributed by atoms with van der Waals surface area (Å²) in [5, 5.41) is 76.8. The van der Waals surface area contributed by atoms with Gasteiger partial charge in [-0.3, -0.25) is 72.4 Å². The number of aliphatic hydroxyl groups is 2. The van der Waals surface area contributed by atoms with Crippen LogP contribution in [0.4, 0.5) is 0 Å². The zero-order valence-electron chi connectivity index (χ0n) is 66.5. The topological polar surface area (TPSA) is 595 Å². The summed E-state index contributed by atoms with van der Waals surface area (Å²) in [6.45, 7) is 5.56. The number of thioether (sulfide) groups is 1. The van der Waals surface area contributed by atoms with Crippen LogP contribution in [0, 0.1) is 5.92 Å². The first-order valence-corrected chi connectivity index (χ1v) is 40.8. The van der Waals surface area contributed by atoms with Gasteiger partial charge in [-0.15, -0.1) is 0 Å². The van der Waals surface area contributed by atoms with E-state index in [1.807, 2.05) is 18.2 Å². The van der Waals surface area contributed by atoms with Crippen molar-refractivity contribution in [2.24, 2.45) is 28.9 Å². The fourth-order valence-corrected chi connectivity index (χ4v) is 15.1. The molecule has 3 aromatic carbocycles. The predicted octanol–water partition coefficient (Wildman–Crippen LogP) is -4.50. The fraction of sp³-hybridized carbons (Fsp3) is 0.577. The lowest BCUT2D eigenvalue weighted by Gasteiger charge is -2.34. The van der Waals surface area contributed by atoms with Crippen LogP contribution in [-0.4, -0.2) is 282 Å². The number of aromatic hydroxyl groups is 2. The van der Waals surface area contributed by atoms with E-state index in [-0.39, 0.29) is 121 Å². The van der Waals surface area contributed by atoms with Crippen molar-refractivity contribution in [1.29, 1.82) is 0 Å². The van der Waals surface area contributed by atoms with Crippen molar-refractivity contribution in [3.05, 3.63) is 95.6 Å².